The second kappa shape index (κ2) is 10.4. The number of nitro benzene ring substituents is 1. The largest absolute Gasteiger partial charge is 0.451 e. The van der Waals surface area contributed by atoms with Gasteiger partial charge < -0.3 is 24.0 Å². The molecule has 0 saturated carbocycles. The Hall–Kier alpha value is -5.38. The average molecular weight is 537 g/mol. The maximum Gasteiger partial charge on any atom is 0.291 e. The predicted molar refractivity (Wildman–Crippen MR) is 150 cm³/mol. The van der Waals surface area contributed by atoms with Gasteiger partial charge in [-0.15, -0.1) is 0 Å². The number of nitrogens with zero attached hydrogens (tertiary/aromatic N) is 3. The van der Waals surface area contributed by atoms with E-state index in [0.29, 0.717) is 48.8 Å². The zero-order valence-corrected chi connectivity index (χ0v) is 21.3. The average Bonchev–Trinajstić information content (AvgIpc) is 3.65. The molecule has 3 aromatic carbocycles. The Balaban J connectivity index is 1.06. The van der Waals surface area contributed by atoms with E-state index in [1.54, 1.807) is 47.4 Å². The number of carbonyl (C=O) groups excluding carboxylic acids is 2. The highest BCUT2D eigenvalue weighted by atomic mass is 16.6. The molecule has 0 bridgehead atoms. The van der Waals surface area contributed by atoms with E-state index in [-0.39, 0.29) is 23.1 Å². The quantitative estimate of drug-likeness (QED) is 0.214. The number of amides is 2. The number of para-hydroxylation sites is 2. The molecule has 1 saturated heterocycles. The number of piperazine rings is 1. The van der Waals surface area contributed by atoms with Gasteiger partial charge in [0.25, 0.3) is 17.5 Å². The van der Waals surface area contributed by atoms with E-state index in [1.807, 2.05) is 36.4 Å². The van der Waals surface area contributed by atoms with E-state index in [4.69, 9.17) is 8.83 Å². The van der Waals surface area contributed by atoms with Gasteiger partial charge in [0.15, 0.2) is 11.5 Å². The highest BCUT2D eigenvalue weighted by Crippen LogP contribution is 2.31. The van der Waals surface area contributed by atoms with Gasteiger partial charge in [-0.1, -0.05) is 30.3 Å². The molecule has 200 valence electrons. The van der Waals surface area contributed by atoms with E-state index in [9.17, 15) is 19.7 Å². The minimum Gasteiger partial charge on any atom is -0.451 e. The van der Waals surface area contributed by atoms with Crippen LogP contribution in [0.15, 0.2) is 99.8 Å². The summed E-state index contributed by atoms with van der Waals surface area (Å²) in [6.45, 7) is 2.46. The smallest absolute Gasteiger partial charge is 0.291 e. The highest BCUT2D eigenvalue weighted by Gasteiger charge is 2.25. The number of furan rings is 2. The zero-order chi connectivity index (χ0) is 27.6. The van der Waals surface area contributed by atoms with Crippen LogP contribution in [-0.4, -0.2) is 47.8 Å². The molecule has 6 rings (SSSR count). The standard InChI is InChI=1S/C30H24N4O6/c35-29(27-14-13-26(40-27)23-6-2-3-7-24(23)34(37)38)31-21-9-11-22(12-10-21)32-15-17-33(18-16-32)30(36)28-19-20-5-1-4-8-25(20)39-28/h1-14,19H,15-18H2,(H,31,35). The summed E-state index contributed by atoms with van der Waals surface area (Å²) in [4.78, 5) is 40.5. The van der Waals surface area contributed by atoms with Crippen LogP contribution < -0.4 is 10.2 Å². The fourth-order valence-corrected chi connectivity index (χ4v) is 4.81. The summed E-state index contributed by atoms with van der Waals surface area (Å²) in [6.07, 6.45) is 0. The van der Waals surface area contributed by atoms with E-state index in [0.717, 1.165) is 11.1 Å². The van der Waals surface area contributed by atoms with Crippen molar-refractivity contribution in [2.75, 3.05) is 36.4 Å². The maximum absolute atomic E-state index is 12.9. The molecule has 10 heteroatoms. The summed E-state index contributed by atoms with van der Waals surface area (Å²) < 4.78 is 11.4. The van der Waals surface area contributed by atoms with Crippen LogP contribution in [0.4, 0.5) is 17.1 Å². The zero-order valence-electron chi connectivity index (χ0n) is 21.3. The maximum atomic E-state index is 12.9. The Morgan fingerprint density at radius 1 is 0.800 bits per heavy atom. The minimum atomic E-state index is -0.488. The summed E-state index contributed by atoms with van der Waals surface area (Å²) in [5, 5.41) is 15.0. The van der Waals surface area contributed by atoms with Crippen molar-refractivity contribution in [3.63, 3.8) is 0 Å². The van der Waals surface area contributed by atoms with Crippen molar-refractivity contribution in [2.24, 2.45) is 0 Å². The fourth-order valence-electron chi connectivity index (χ4n) is 4.81. The monoisotopic (exact) mass is 536 g/mol. The second-order valence-corrected chi connectivity index (χ2v) is 9.37. The van der Waals surface area contributed by atoms with Crippen molar-refractivity contribution in [3.8, 4) is 11.3 Å². The fraction of sp³-hybridized carbons (Fsp3) is 0.133. The van der Waals surface area contributed by atoms with Crippen molar-refractivity contribution < 1.29 is 23.3 Å². The van der Waals surface area contributed by atoms with Gasteiger partial charge in [-0.05, 0) is 54.6 Å². The summed E-state index contributed by atoms with van der Waals surface area (Å²) in [7, 11) is 0. The number of carbonyl (C=O) groups is 2. The Kier molecular flexibility index (Phi) is 6.49. The van der Waals surface area contributed by atoms with Crippen LogP contribution in [0.3, 0.4) is 0 Å². The first-order chi connectivity index (χ1) is 19.5. The molecule has 0 spiro atoms. The van der Waals surface area contributed by atoms with Crippen LogP contribution >= 0.6 is 0 Å². The van der Waals surface area contributed by atoms with Gasteiger partial charge in [-0.25, -0.2) is 0 Å². The van der Waals surface area contributed by atoms with Gasteiger partial charge in [0, 0.05) is 49.0 Å². The topological polar surface area (TPSA) is 122 Å². The lowest BCUT2D eigenvalue weighted by molar-refractivity contribution is -0.384. The first kappa shape index (κ1) is 24.9. The van der Waals surface area contributed by atoms with Crippen molar-refractivity contribution >= 4 is 39.8 Å². The lowest BCUT2D eigenvalue weighted by Gasteiger charge is -2.35. The molecular weight excluding hydrogens is 512 g/mol. The van der Waals surface area contributed by atoms with Gasteiger partial charge in [-0.2, -0.15) is 0 Å². The Labute approximate surface area is 228 Å². The number of fused-ring (bicyclic) bond motifs is 1. The summed E-state index contributed by atoms with van der Waals surface area (Å²) in [5.74, 6) is 0.0563. The molecule has 0 radical (unpaired) electrons. The first-order valence-electron chi connectivity index (χ1n) is 12.7. The lowest BCUT2D eigenvalue weighted by Crippen LogP contribution is -2.48. The molecular formula is C30H24N4O6. The van der Waals surface area contributed by atoms with Crippen LogP contribution in [0.5, 0.6) is 0 Å². The molecule has 3 heterocycles. The van der Waals surface area contributed by atoms with E-state index in [1.165, 1.54) is 12.1 Å². The Morgan fingerprint density at radius 2 is 1.52 bits per heavy atom. The molecule has 2 amide bonds. The van der Waals surface area contributed by atoms with Gasteiger partial charge in [0.1, 0.15) is 11.3 Å². The predicted octanol–water partition coefficient (Wildman–Crippen LogP) is 5.82. The van der Waals surface area contributed by atoms with E-state index >= 15 is 0 Å². The third kappa shape index (κ3) is 4.90. The molecule has 0 aliphatic carbocycles. The van der Waals surface area contributed by atoms with Crippen molar-refractivity contribution in [2.45, 2.75) is 0 Å². The summed E-state index contributed by atoms with van der Waals surface area (Å²) in [6, 6.07) is 26.0. The van der Waals surface area contributed by atoms with Gasteiger partial charge >= 0.3 is 0 Å². The molecule has 10 nitrogen and oxygen atoms in total. The van der Waals surface area contributed by atoms with Gasteiger partial charge in [0.2, 0.25) is 0 Å². The van der Waals surface area contributed by atoms with Gasteiger partial charge in [-0.3, -0.25) is 19.7 Å². The van der Waals surface area contributed by atoms with Crippen LogP contribution in [-0.2, 0) is 0 Å². The molecule has 2 aromatic heterocycles. The molecule has 0 unspecified atom stereocenters. The number of rotatable bonds is 6. The van der Waals surface area contributed by atoms with Gasteiger partial charge in [0.05, 0.1) is 10.5 Å². The second-order valence-electron chi connectivity index (χ2n) is 9.37. The third-order valence-corrected chi connectivity index (χ3v) is 6.89. The molecule has 5 aromatic rings. The van der Waals surface area contributed by atoms with Crippen molar-refractivity contribution in [1.29, 1.82) is 0 Å². The van der Waals surface area contributed by atoms with E-state index < -0.39 is 10.8 Å². The van der Waals surface area contributed by atoms with Crippen LogP contribution in [0.2, 0.25) is 0 Å². The minimum absolute atomic E-state index is 0.0440. The molecule has 0 atom stereocenters. The molecule has 1 aliphatic rings. The number of benzene rings is 3. The molecule has 1 aliphatic heterocycles. The Bertz CT molecular complexity index is 1680. The van der Waals surface area contributed by atoms with E-state index in [2.05, 4.69) is 10.2 Å². The normalized spacial score (nSPS) is 13.4. The number of hydrogen-bond donors (Lipinski definition) is 1. The number of hydrogen-bond acceptors (Lipinski definition) is 7. The highest BCUT2D eigenvalue weighted by molar-refractivity contribution is 6.02. The SMILES string of the molecule is O=C(Nc1ccc(N2CCN(C(=O)c3cc4ccccc4o3)CC2)cc1)c1ccc(-c2ccccc2[N+](=O)[O-])o1. The molecule has 1 N–H and O–H groups in total. The van der Waals surface area contributed by atoms with Crippen LogP contribution in [0, 0.1) is 10.1 Å². The molecule has 1 fully saturated rings. The summed E-state index contributed by atoms with van der Waals surface area (Å²) in [5.41, 5.74) is 2.46. The van der Waals surface area contributed by atoms with Crippen LogP contribution in [0.25, 0.3) is 22.3 Å². The summed E-state index contributed by atoms with van der Waals surface area (Å²) >= 11 is 0. The van der Waals surface area contributed by atoms with Crippen molar-refractivity contribution in [1.82, 2.24) is 4.90 Å². The van der Waals surface area contributed by atoms with Crippen molar-refractivity contribution in [3.05, 3.63) is 113 Å². The Morgan fingerprint density at radius 3 is 2.27 bits per heavy atom. The number of nitrogens with one attached hydrogen (secondary N) is 1. The first-order valence-corrected chi connectivity index (χ1v) is 12.7. The van der Waals surface area contributed by atoms with Crippen LogP contribution in [0.1, 0.15) is 21.1 Å². The molecule has 40 heavy (non-hydrogen) atoms. The number of anilines is 2. The third-order valence-electron chi connectivity index (χ3n) is 6.89. The lowest BCUT2D eigenvalue weighted by atomic mass is 10.1. The number of nitro groups is 1.